The fourth-order valence-electron chi connectivity index (χ4n) is 3.38. The van der Waals surface area contributed by atoms with E-state index >= 15 is 0 Å². The number of ether oxygens (including phenoxy) is 1. The molecule has 6 nitrogen and oxygen atoms in total. The fourth-order valence-corrected chi connectivity index (χ4v) is 4.83. The van der Waals surface area contributed by atoms with Crippen LogP contribution in [0.25, 0.3) is 21.3 Å². The highest BCUT2D eigenvalue weighted by Gasteiger charge is 2.18. The molecule has 0 radical (unpaired) electrons. The van der Waals surface area contributed by atoms with Crippen molar-refractivity contribution in [2.24, 2.45) is 0 Å². The highest BCUT2D eigenvalue weighted by Crippen LogP contribution is 2.36. The van der Waals surface area contributed by atoms with Crippen LogP contribution in [0.5, 0.6) is 5.75 Å². The number of fused-ring (bicyclic) bond motifs is 1. The first-order valence-corrected chi connectivity index (χ1v) is 11.4. The van der Waals surface area contributed by atoms with E-state index in [0.29, 0.717) is 30.4 Å². The van der Waals surface area contributed by atoms with Gasteiger partial charge in [-0.15, -0.1) is 11.3 Å². The smallest absolute Gasteiger partial charge is 0.349 e. The molecule has 0 saturated carbocycles. The van der Waals surface area contributed by atoms with Gasteiger partial charge in [-0.1, -0.05) is 46.3 Å². The van der Waals surface area contributed by atoms with Crippen molar-refractivity contribution in [2.45, 2.75) is 13.3 Å². The van der Waals surface area contributed by atoms with Gasteiger partial charge in [0.2, 0.25) is 0 Å². The molecule has 2 N–H and O–H groups in total. The third-order valence-electron chi connectivity index (χ3n) is 4.78. The summed E-state index contributed by atoms with van der Waals surface area (Å²) in [6, 6.07) is 16.1. The second kappa shape index (κ2) is 9.45. The Morgan fingerprint density at radius 2 is 2.03 bits per heavy atom. The standard InChI is InChI=1S/C23H20BrN3O3S/c1-2-30-19-12-20(31-22(19)23(28)29)18-11-21(27-13-26-18)25-10-9-16-15-6-4-3-5-14(15)7-8-17(16)24/h3-8,11-13H,2,9-10H2,1H3,(H,28,29)(H,25,26,27). The zero-order valence-corrected chi connectivity index (χ0v) is 19.2. The van der Waals surface area contributed by atoms with Crippen molar-refractivity contribution in [2.75, 3.05) is 18.5 Å². The Morgan fingerprint density at radius 3 is 2.84 bits per heavy atom. The lowest BCUT2D eigenvalue weighted by Crippen LogP contribution is -2.07. The molecule has 2 aromatic carbocycles. The van der Waals surface area contributed by atoms with Gasteiger partial charge in [0, 0.05) is 23.2 Å². The molecule has 0 fully saturated rings. The van der Waals surface area contributed by atoms with Crippen LogP contribution in [0.4, 0.5) is 5.82 Å². The van der Waals surface area contributed by atoms with Gasteiger partial charge in [0.15, 0.2) is 4.88 Å². The number of aromatic nitrogens is 2. The van der Waals surface area contributed by atoms with E-state index in [9.17, 15) is 9.90 Å². The summed E-state index contributed by atoms with van der Waals surface area (Å²) in [6.07, 6.45) is 2.30. The van der Waals surface area contributed by atoms with E-state index in [2.05, 4.69) is 55.5 Å². The number of carboxylic acids is 1. The summed E-state index contributed by atoms with van der Waals surface area (Å²) in [7, 11) is 0. The second-order valence-corrected chi connectivity index (χ2v) is 8.66. The van der Waals surface area contributed by atoms with E-state index in [4.69, 9.17) is 4.74 Å². The molecule has 158 valence electrons. The molecule has 0 spiro atoms. The van der Waals surface area contributed by atoms with Gasteiger partial charge >= 0.3 is 5.97 Å². The normalized spacial score (nSPS) is 10.9. The summed E-state index contributed by atoms with van der Waals surface area (Å²) in [5.41, 5.74) is 1.90. The molecule has 2 heterocycles. The van der Waals surface area contributed by atoms with E-state index in [1.54, 1.807) is 6.07 Å². The van der Waals surface area contributed by atoms with Gasteiger partial charge in [-0.2, -0.15) is 0 Å². The number of thiophene rings is 1. The molecule has 31 heavy (non-hydrogen) atoms. The van der Waals surface area contributed by atoms with Crippen LogP contribution in [0.2, 0.25) is 0 Å². The number of hydrogen-bond acceptors (Lipinski definition) is 6. The zero-order valence-electron chi connectivity index (χ0n) is 16.8. The van der Waals surface area contributed by atoms with Crippen molar-refractivity contribution in [3.05, 3.63) is 69.8 Å². The topological polar surface area (TPSA) is 84.3 Å². The molecule has 4 aromatic rings. The van der Waals surface area contributed by atoms with Crippen LogP contribution >= 0.6 is 27.3 Å². The van der Waals surface area contributed by atoms with E-state index < -0.39 is 5.97 Å². The molecule has 4 rings (SSSR count). The molecular weight excluding hydrogens is 478 g/mol. The number of rotatable bonds is 8. The average Bonchev–Trinajstić information content (AvgIpc) is 3.20. The van der Waals surface area contributed by atoms with E-state index in [0.717, 1.165) is 27.1 Å². The Morgan fingerprint density at radius 1 is 1.19 bits per heavy atom. The number of carbonyl (C=O) groups is 1. The molecule has 2 aromatic heterocycles. The lowest BCUT2D eigenvalue weighted by molar-refractivity contribution is 0.0698. The van der Waals surface area contributed by atoms with Gasteiger partial charge in [-0.05, 0) is 35.7 Å². The number of carboxylic acid groups (broad SMARTS) is 1. The van der Waals surface area contributed by atoms with E-state index in [1.165, 1.54) is 22.7 Å². The third kappa shape index (κ3) is 4.70. The van der Waals surface area contributed by atoms with E-state index in [-0.39, 0.29) is 4.88 Å². The Balaban J connectivity index is 1.51. The van der Waals surface area contributed by atoms with Gasteiger partial charge in [0.05, 0.1) is 17.2 Å². The minimum absolute atomic E-state index is 0.172. The van der Waals surface area contributed by atoms with Crippen molar-refractivity contribution in [3.8, 4) is 16.3 Å². The average molecular weight is 498 g/mol. The lowest BCUT2D eigenvalue weighted by atomic mass is 10.0. The maximum atomic E-state index is 11.5. The molecular formula is C23H20BrN3O3S. The van der Waals surface area contributed by atoms with Crippen LogP contribution in [-0.2, 0) is 6.42 Å². The number of halogens is 1. The van der Waals surface area contributed by atoms with Crippen LogP contribution in [0.1, 0.15) is 22.2 Å². The molecule has 0 bridgehead atoms. The van der Waals surface area contributed by atoms with Crippen LogP contribution < -0.4 is 10.1 Å². The number of benzene rings is 2. The SMILES string of the molecule is CCOc1cc(-c2cc(NCCc3c(Br)ccc4ccccc34)ncn2)sc1C(=O)O. The summed E-state index contributed by atoms with van der Waals surface area (Å²) in [5.74, 6) is 0.0429. The maximum Gasteiger partial charge on any atom is 0.349 e. The summed E-state index contributed by atoms with van der Waals surface area (Å²) >= 11 is 4.81. The van der Waals surface area contributed by atoms with Gasteiger partial charge in [-0.3, -0.25) is 0 Å². The Kier molecular flexibility index (Phi) is 6.48. The maximum absolute atomic E-state index is 11.5. The molecule has 0 saturated heterocycles. The monoisotopic (exact) mass is 497 g/mol. The number of nitrogens with zero attached hydrogens (tertiary/aromatic N) is 2. The summed E-state index contributed by atoms with van der Waals surface area (Å²) in [4.78, 5) is 21.0. The highest BCUT2D eigenvalue weighted by atomic mass is 79.9. The molecule has 0 aliphatic rings. The molecule has 0 aliphatic heterocycles. The predicted octanol–water partition coefficient (Wildman–Crippen LogP) is 5.87. The van der Waals surface area contributed by atoms with Gasteiger partial charge in [-0.25, -0.2) is 14.8 Å². The first-order valence-electron chi connectivity index (χ1n) is 9.79. The van der Waals surface area contributed by atoms with Crippen molar-refractivity contribution >= 4 is 49.8 Å². The van der Waals surface area contributed by atoms with Crippen LogP contribution in [-0.4, -0.2) is 34.2 Å². The molecule has 0 amide bonds. The van der Waals surface area contributed by atoms with Crippen molar-refractivity contribution in [3.63, 3.8) is 0 Å². The quantitative estimate of drug-likeness (QED) is 0.316. The van der Waals surface area contributed by atoms with Crippen molar-refractivity contribution in [1.29, 1.82) is 0 Å². The van der Waals surface area contributed by atoms with Crippen LogP contribution in [0.15, 0.2) is 59.3 Å². The van der Waals surface area contributed by atoms with Gasteiger partial charge in [0.1, 0.15) is 17.9 Å². The Labute approximate surface area is 192 Å². The minimum atomic E-state index is -1.01. The second-order valence-electron chi connectivity index (χ2n) is 6.75. The molecule has 0 unspecified atom stereocenters. The number of anilines is 1. The van der Waals surface area contributed by atoms with Crippen LogP contribution in [0.3, 0.4) is 0 Å². The van der Waals surface area contributed by atoms with Crippen molar-refractivity contribution in [1.82, 2.24) is 9.97 Å². The molecule has 0 aliphatic carbocycles. The lowest BCUT2D eigenvalue weighted by Gasteiger charge is -2.11. The minimum Gasteiger partial charge on any atom is -0.492 e. The number of aromatic carboxylic acids is 1. The summed E-state index contributed by atoms with van der Waals surface area (Å²) in [6.45, 7) is 2.92. The summed E-state index contributed by atoms with van der Waals surface area (Å²) < 4.78 is 6.54. The number of nitrogens with one attached hydrogen (secondary N) is 1. The Hall–Kier alpha value is -2.97. The fraction of sp³-hybridized carbons (Fsp3) is 0.174. The van der Waals surface area contributed by atoms with Gasteiger partial charge in [0.25, 0.3) is 0 Å². The predicted molar refractivity (Wildman–Crippen MR) is 127 cm³/mol. The first kappa shape index (κ1) is 21.3. The Bertz CT molecular complexity index is 1240. The largest absolute Gasteiger partial charge is 0.492 e. The van der Waals surface area contributed by atoms with Crippen LogP contribution in [0, 0.1) is 0 Å². The molecule has 0 atom stereocenters. The number of hydrogen-bond donors (Lipinski definition) is 2. The molecule has 8 heteroatoms. The van der Waals surface area contributed by atoms with Gasteiger partial charge < -0.3 is 15.2 Å². The van der Waals surface area contributed by atoms with E-state index in [1.807, 2.05) is 25.1 Å². The highest BCUT2D eigenvalue weighted by molar-refractivity contribution is 9.10. The third-order valence-corrected chi connectivity index (χ3v) is 6.65. The summed E-state index contributed by atoms with van der Waals surface area (Å²) in [5, 5.41) is 15.2. The zero-order chi connectivity index (χ0) is 21.8. The first-order chi connectivity index (χ1) is 15.1. The van der Waals surface area contributed by atoms with Crippen molar-refractivity contribution < 1.29 is 14.6 Å².